The summed E-state index contributed by atoms with van der Waals surface area (Å²) in [5, 5.41) is 5.80. The molecular weight excluding hydrogens is 416 g/mol. The largest absolute Gasteiger partial charge is 0.345 e. The molecule has 4 rings (SSSR count). The summed E-state index contributed by atoms with van der Waals surface area (Å²) >= 11 is 0. The Labute approximate surface area is 191 Å². The molecule has 0 saturated heterocycles. The molecule has 0 radical (unpaired) electrons. The lowest BCUT2D eigenvalue weighted by Gasteiger charge is -2.16. The number of hydrogen-bond acceptors (Lipinski definition) is 3. The van der Waals surface area contributed by atoms with Crippen LogP contribution in [0.5, 0.6) is 0 Å². The number of rotatable bonds is 7. The predicted molar refractivity (Wildman–Crippen MR) is 129 cm³/mol. The SMILES string of the molecule is CC(NC(=O)c1ccccc1NC(=O)CCn1c(=O)n(C)c2ccccc21)c1ccccc1. The fourth-order valence-corrected chi connectivity index (χ4v) is 3.89. The number of anilines is 1. The second kappa shape index (κ2) is 9.56. The van der Waals surface area contributed by atoms with Crippen LogP contribution in [0.15, 0.2) is 83.7 Å². The molecule has 0 aliphatic heterocycles. The van der Waals surface area contributed by atoms with Crippen molar-refractivity contribution in [2.45, 2.75) is 25.9 Å². The number of hydrogen-bond donors (Lipinski definition) is 2. The molecule has 3 aromatic carbocycles. The van der Waals surface area contributed by atoms with Crippen LogP contribution in [0, 0.1) is 0 Å². The topological polar surface area (TPSA) is 85.1 Å². The number of amides is 2. The Balaban J connectivity index is 1.45. The van der Waals surface area contributed by atoms with Gasteiger partial charge in [-0.15, -0.1) is 0 Å². The summed E-state index contributed by atoms with van der Waals surface area (Å²) in [5.74, 6) is -0.543. The third kappa shape index (κ3) is 4.72. The highest BCUT2D eigenvalue weighted by Crippen LogP contribution is 2.18. The lowest BCUT2D eigenvalue weighted by atomic mass is 10.1. The summed E-state index contributed by atoms with van der Waals surface area (Å²) in [4.78, 5) is 38.2. The molecule has 0 aliphatic rings. The first-order valence-electron chi connectivity index (χ1n) is 10.8. The van der Waals surface area contributed by atoms with Gasteiger partial charge in [-0.25, -0.2) is 4.79 Å². The first kappa shape index (κ1) is 22.1. The minimum Gasteiger partial charge on any atom is -0.345 e. The molecule has 2 N–H and O–H groups in total. The molecule has 1 atom stereocenters. The Kier molecular flexibility index (Phi) is 6.40. The number of aryl methyl sites for hydroxylation is 2. The molecule has 0 spiro atoms. The van der Waals surface area contributed by atoms with Gasteiger partial charge in [-0.05, 0) is 36.8 Å². The Hall–Kier alpha value is -4.13. The van der Waals surface area contributed by atoms with Crippen LogP contribution in [-0.4, -0.2) is 20.9 Å². The van der Waals surface area contributed by atoms with Crippen molar-refractivity contribution in [3.63, 3.8) is 0 Å². The van der Waals surface area contributed by atoms with Crippen molar-refractivity contribution in [2.75, 3.05) is 5.32 Å². The quantitative estimate of drug-likeness (QED) is 0.456. The number of fused-ring (bicyclic) bond motifs is 1. The average Bonchev–Trinajstić information content (AvgIpc) is 3.08. The number of carbonyl (C=O) groups is 2. The van der Waals surface area contributed by atoms with E-state index in [2.05, 4.69) is 10.6 Å². The molecule has 0 aliphatic carbocycles. The van der Waals surface area contributed by atoms with E-state index in [0.717, 1.165) is 16.6 Å². The van der Waals surface area contributed by atoms with Gasteiger partial charge in [-0.2, -0.15) is 0 Å². The predicted octanol–water partition coefficient (Wildman–Crippen LogP) is 3.86. The van der Waals surface area contributed by atoms with E-state index in [4.69, 9.17) is 0 Å². The van der Waals surface area contributed by atoms with E-state index < -0.39 is 0 Å². The van der Waals surface area contributed by atoms with Gasteiger partial charge < -0.3 is 10.6 Å². The number of aromatic nitrogens is 2. The summed E-state index contributed by atoms with van der Waals surface area (Å²) in [6, 6.07) is 23.9. The highest BCUT2D eigenvalue weighted by molar-refractivity contribution is 6.03. The molecule has 7 nitrogen and oxygen atoms in total. The zero-order valence-corrected chi connectivity index (χ0v) is 18.6. The second-order valence-corrected chi connectivity index (χ2v) is 7.93. The van der Waals surface area contributed by atoms with Crippen LogP contribution >= 0.6 is 0 Å². The van der Waals surface area contributed by atoms with Gasteiger partial charge in [0.25, 0.3) is 5.91 Å². The van der Waals surface area contributed by atoms with Crippen molar-refractivity contribution in [2.24, 2.45) is 7.05 Å². The summed E-state index contributed by atoms with van der Waals surface area (Å²) in [5.41, 5.74) is 3.25. The van der Waals surface area contributed by atoms with Crippen molar-refractivity contribution in [1.29, 1.82) is 0 Å². The number of para-hydroxylation sites is 3. The van der Waals surface area contributed by atoms with Crippen molar-refractivity contribution < 1.29 is 9.59 Å². The van der Waals surface area contributed by atoms with Gasteiger partial charge in [-0.1, -0.05) is 54.6 Å². The number of benzene rings is 3. The first-order chi connectivity index (χ1) is 16.0. The van der Waals surface area contributed by atoms with Crippen LogP contribution in [-0.2, 0) is 18.4 Å². The Morgan fingerprint density at radius 1 is 0.879 bits per heavy atom. The van der Waals surface area contributed by atoms with Crippen LogP contribution in [0.1, 0.15) is 35.3 Å². The van der Waals surface area contributed by atoms with Gasteiger partial charge >= 0.3 is 5.69 Å². The molecule has 168 valence electrons. The van der Waals surface area contributed by atoms with Crippen LogP contribution in [0.4, 0.5) is 5.69 Å². The van der Waals surface area contributed by atoms with Gasteiger partial charge in [0.15, 0.2) is 0 Å². The van der Waals surface area contributed by atoms with Gasteiger partial charge in [-0.3, -0.25) is 18.7 Å². The molecular formula is C26H26N4O3. The van der Waals surface area contributed by atoms with Crippen LogP contribution < -0.4 is 16.3 Å². The zero-order valence-electron chi connectivity index (χ0n) is 18.6. The maximum Gasteiger partial charge on any atom is 0.328 e. The van der Waals surface area contributed by atoms with Crippen LogP contribution in [0.25, 0.3) is 11.0 Å². The molecule has 2 amide bonds. The third-order valence-electron chi connectivity index (χ3n) is 5.71. The molecule has 0 bridgehead atoms. The summed E-state index contributed by atoms with van der Waals surface area (Å²) in [7, 11) is 1.71. The van der Waals surface area contributed by atoms with E-state index in [-0.39, 0.29) is 36.5 Å². The summed E-state index contributed by atoms with van der Waals surface area (Å²) in [6.07, 6.45) is 0.101. The summed E-state index contributed by atoms with van der Waals surface area (Å²) < 4.78 is 3.16. The molecule has 4 aromatic rings. The molecule has 1 heterocycles. The fraction of sp³-hybridized carbons (Fsp3) is 0.192. The van der Waals surface area contributed by atoms with Crippen molar-refractivity contribution in [3.05, 3.63) is 100 Å². The second-order valence-electron chi connectivity index (χ2n) is 7.93. The zero-order chi connectivity index (χ0) is 23.4. The Bertz CT molecular complexity index is 1350. The maximum atomic E-state index is 12.9. The van der Waals surface area contributed by atoms with Gasteiger partial charge in [0.05, 0.1) is 28.3 Å². The lowest BCUT2D eigenvalue weighted by molar-refractivity contribution is -0.116. The van der Waals surface area contributed by atoms with E-state index in [0.29, 0.717) is 11.3 Å². The first-order valence-corrected chi connectivity index (χ1v) is 10.8. The van der Waals surface area contributed by atoms with Gasteiger partial charge in [0.2, 0.25) is 5.91 Å². The third-order valence-corrected chi connectivity index (χ3v) is 5.71. The van der Waals surface area contributed by atoms with Crippen molar-refractivity contribution in [1.82, 2.24) is 14.5 Å². The standard InChI is InChI=1S/C26H26N4O3/c1-18(19-10-4-3-5-11-19)27-25(32)20-12-6-7-13-21(20)28-24(31)16-17-30-23-15-9-8-14-22(23)29(2)26(30)33/h3-15,18H,16-17H2,1-2H3,(H,27,32)(H,28,31). The van der Waals surface area contributed by atoms with E-state index in [1.807, 2.05) is 61.5 Å². The maximum absolute atomic E-state index is 12.9. The van der Waals surface area contributed by atoms with Crippen molar-refractivity contribution in [3.8, 4) is 0 Å². The Morgan fingerprint density at radius 3 is 2.27 bits per heavy atom. The molecule has 7 heteroatoms. The molecule has 0 fully saturated rings. The molecule has 0 saturated carbocycles. The molecule has 1 aromatic heterocycles. The average molecular weight is 443 g/mol. The van der Waals surface area contributed by atoms with Gasteiger partial charge in [0, 0.05) is 20.0 Å². The number of nitrogens with one attached hydrogen (secondary N) is 2. The number of nitrogens with zero attached hydrogens (tertiary/aromatic N) is 2. The number of imidazole rings is 1. The van der Waals surface area contributed by atoms with E-state index in [9.17, 15) is 14.4 Å². The van der Waals surface area contributed by atoms with E-state index in [1.54, 1.807) is 40.4 Å². The fourth-order valence-electron chi connectivity index (χ4n) is 3.89. The van der Waals surface area contributed by atoms with Crippen LogP contribution in [0.3, 0.4) is 0 Å². The van der Waals surface area contributed by atoms with Crippen LogP contribution in [0.2, 0.25) is 0 Å². The van der Waals surface area contributed by atoms with Gasteiger partial charge in [0.1, 0.15) is 0 Å². The smallest absolute Gasteiger partial charge is 0.328 e. The molecule has 33 heavy (non-hydrogen) atoms. The molecule has 1 unspecified atom stereocenters. The monoisotopic (exact) mass is 442 g/mol. The summed E-state index contributed by atoms with van der Waals surface area (Å²) in [6.45, 7) is 2.15. The highest BCUT2D eigenvalue weighted by atomic mass is 16.2. The minimum atomic E-state index is -0.272. The highest BCUT2D eigenvalue weighted by Gasteiger charge is 2.17. The minimum absolute atomic E-state index is 0.101. The Morgan fingerprint density at radius 2 is 1.52 bits per heavy atom. The number of carbonyl (C=O) groups excluding carboxylic acids is 2. The van der Waals surface area contributed by atoms with E-state index >= 15 is 0 Å². The van der Waals surface area contributed by atoms with E-state index in [1.165, 1.54) is 0 Å². The van der Waals surface area contributed by atoms with Crippen molar-refractivity contribution >= 4 is 28.5 Å². The normalized spacial score (nSPS) is 11.8. The lowest BCUT2D eigenvalue weighted by Crippen LogP contribution is -2.28.